The maximum absolute atomic E-state index is 10.9. The Labute approximate surface area is 135 Å². The van der Waals surface area contributed by atoms with Gasteiger partial charge < -0.3 is 41.9 Å². The summed E-state index contributed by atoms with van der Waals surface area (Å²) in [5, 5.41) is 41.8. The topological polar surface area (TPSA) is 171 Å². The number of hydrogen-bond acceptors (Lipinski definition) is 8. The van der Waals surface area contributed by atoms with Crippen LogP contribution in [0.5, 0.6) is 0 Å². The molecule has 5 atom stereocenters. The molecule has 0 aromatic heterocycles. The molecule has 0 aliphatic carbocycles. The zero-order valence-corrected chi connectivity index (χ0v) is 13.2. The highest BCUT2D eigenvalue weighted by atomic mass is 16.6. The van der Waals surface area contributed by atoms with Crippen molar-refractivity contribution in [2.75, 3.05) is 19.7 Å². The van der Waals surface area contributed by atoms with Crippen LogP contribution in [0, 0.1) is 0 Å². The minimum absolute atomic E-state index is 0.0253. The summed E-state index contributed by atoms with van der Waals surface area (Å²) >= 11 is 0. The minimum Gasteiger partial charge on any atom is -0.394 e. The molecule has 0 radical (unpaired) electrons. The number of rotatable bonds is 9. The molecule has 136 valence electrons. The highest BCUT2D eigenvalue weighted by molar-refractivity contribution is 5.77. The average molecular weight is 335 g/mol. The SMILES string of the molecule is NCC(=O)NCCCCCCC1(O)O[C@H](CO)[C@H](O)[C@H](O)[C@H]1N. The molecule has 1 aliphatic rings. The van der Waals surface area contributed by atoms with E-state index in [9.17, 15) is 20.1 Å². The van der Waals surface area contributed by atoms with Gasteiger partial charge in [0.25, 0.3) is 0 Å². The lowest BCUT2D eigenvalue weighted by Crippen LogP contribution is -2.68. The Morgan fingerprint density at radius 3 is 2.43 bits per heavy atom. The van der Waals surface area contributed by atoms with Gasteiger partial charge in [-0.2, -0.15) is 0 Å². The van der Waals surface area contributed by atoms with Crippen molar-refractivity contribution < 1.29 is 30.0 Å². The Balaban J connectivity index is 2.30. The van der Waals surface area contributed by atoms with Crippen LogP contribution in [-0.2, 0) is 9.53 Å². The third-order valence-corrected chi connectivity index (χ3v) is 4.12. The Hall–Kier alpha value is -0.810. The predicted molar refractivity (Wildman–Crippen MR) is 82.0 cm³/mol. The fraction of sp³-hybridized carbons (Fsp3) is 0.929. The Morgan fingerprint density at radius 2 is 1.83 bits per heavy atom. The number of carbonyl (C=O) groups excluding carboxylic acids is 1. The maximum Gasteiger partial charge on any atom is 0.233 e. The third-order valence-electron chi connectivity index (χ3n) is 4.12. The van der Waals surface area contributed by atoms with Gasteiger partial charge in [0, 0.05) is 13.0 Å². The van der Waals surface area contributed by atoms with Gasteiger partial charge in [-0.25, -0.2) is 0 Å². The first-order valence-corrected chi connectivity index (χ1v) is 7.95. The molecular formula is C14H29N3O6. The van der Waals surface area contributed by atoms with Crippen molar-refractivity contribution in [3.63, 3.8) is 0 Å². The molecule has 1 unspecified atom stereocenters. The molecular weight excluding hydrogens is 306 g/mol. The first-order valence-electron chi connectivity index (χ1n) is 7.95. The van der Waals surface area contributed by atoms with E-state index in [1.165, 1.54) is 0 Å². The largest absolute Gasteiger partial charge is 0.394 e. The van der Waals surface area contributed by atoms with Crippen molar-refractivity contribution in [3.05, 3.63) is 0 Å². The van der Waals surface area contributed by atoms with Crippen molar-refractivity contribution in [3.8, 4) is 0 Å². The van der Waals surface area contributed by atoms with Gasteiger partial charge in [-0.15, -0.1) is 0 Å². The van der Waals surface area contributed by atoms with E-state index in [4.69, 9.17) is 21.3 Å². The van der Waals surface area contributed by atoms with E-state index in [2.05, 4.69) is 5.32 Å². The summed E-state index contributed by atoms with van der Waals surface area (Å²) in [6, 6.07) is -1.15. The number of unbranched alkanes of at least 4 members (excludes halogenated alkanes) is 3. The van der Waals surface area contributed by atoms with E-state index >= 15 is 0 Å². The van der Waals surface area contributed by atoms with Crippen LogP contribution in [0.2, 0.25) is 0 Å². The van der Waals surface area contributed by atoms with Gasteiger partial charge in [0.15, 0.2) is 5.79 Å². The normalized spacial score (nSPS) is 34.3. The molecule has 0 bridgehead atoms. The molecule has 0 aromatic carbocycles. The lowest BCUT2D eigenvalue weighted by Gasteiger charge is -2.46. The van der Waals surface area contributed by atoms with Gasteiger partial charge >= 0.3 is 0 Å². The van der Waals surface area contributed by atoms with Gasteiger partial charge in [0.2, 0.25) is 5.91 Å². The Bertz CT molecular complexity index is 370. The van der Waals surface area contributed by atoms with Crippen LogP contribution in [0.15, 0.2) is 0 Å². The maximum atomic E-state index is 10.9. The molecule has 9 heteroatoms. The monoisotopic (exact) mass is 335 g/mol. The lowest BCUT2D eigenvalue weighted by atomic mass is 9.88. The quantitative estimate of drug-likeness (QED) is 0.220. The minimum atomic E-state index is -1.78. The van der Waals surface area contributed by atoms with Crippen LogP contribution in [0.4, 0.5) is 0 Å². The van der Waals surface area contributed by atoms with Crippen molar-refractivity contribution in [1.29, 1.82) is 0 Å². The summed E-state index contributed by atoms with van der Waals surface area (Å²) in [4.78, 5) is 10.9. The number of aliphatic hydroxyl groups is 4. The molecule has 1 rings (SSSR count). The number of aliphatic hydroxyl groups excluding tert-OH is 3. The second-order valence-corrected chi connectivity index (χ2v) is 5.91. The lowest BCUT2D eigenvalue weighted by molar-refractivity contribution is -0.316. The second-order valence-electron chi connectivity index (χ2n) is 5.91. The zero-order valence-electron chi connectivity index (χ0n) is 13.2. The second kappa shape index (κ2) is 9.48. The first kappa shape index (κ1) is 20.2. The molecule has 0 aromatic rings. The van der Waals surface area contributed by atoms with E-state index in [1.54, 1.807) is 0 Å². The molecule has 1 saturated heterocycles. The molecule has 9 N–H and O–H groups in total. The molecule has 1 heterocycles. The summed E-state index contributed by atoms with van der Waals surface area (Å²) in [6.07, 6.45) is -0.582. The fourth-order valence-electron chi connectivity index (χ4n) is 2.64. The van der Waals surface area contributed by atoms with Gasteiger partial charge in [-0.1, -0.05) is 12.8 Å². The van der Waals surface area contributed by atoms with Crippen LogP contribution in [0.25, 0.3) is 0 Å². The zero-order chi connectivity index (χ0) is 17.5. The van der Waals surface area contributed by atoms with E-state index in [0.717, 1.165) is 19.3 Å². The number of amides is 1. The van der Waals surface area contributed by atoms with E-state index in [1.807, 2.05) is 0 Å². The number of hydrogen-bond donors (Lipinski definition) is 7. The molecule has 0 saturated carbocycles. The van der Waals surface area contributed by atoms with Crippen molar-refractivity contribution in [1.82, 2.24) is 5.32 Å². The molecule has 0 spiro atoms. The van der Waals surface area contributed by atoms with Crippen LogP contribution < -0.4 is 16.8 Å². The summed E-state index contributed by atoms with van der Waals surface area (Å²) in [5.74, 6) is -1.97. The fourth-order valence-corrected chi connectivity index (χ4v) is 2.64. The van der Waals surface area contributed by atoms with Crippen LogP contribution >= 0.6 is 0 Å². The molecule has 23 heavy (non-hydrogen) atoms. The van der Waals surface area contributed by atoms with Gasteiger partial charge in [0.1, 0.15) is 18.3 Å². The number of nitrogens with two attached hydrogens (primary N) is 2. The number of ether oxygens (including phenoxy) is 1. The van der Waals surface area contributed by atoms with Gasteiger partial charge in [-0.3, -0.25) is 4.79 Å². The predicted octanol–water partition coefficient (Wildman–Crippen LogP) is -2.86. The average Bonchev–Trinajstić information content (AvgIpc) is 2.55. The smallest absolute Gasteiger partial charge is 0.233 e. The summed E-state index contributed by atoms with van der Waals surface area (Å²) in [6.45, 7) is 0.00433. The molecule has 1 fully saturated rings. The van der Waals surface area contributed by atoms with E-state index < -0.39 is 36.7 Å². The van der Waals surface area contributed by atoms with E-state index in [-0.39, 0.29) is 18.9 Å². The summed E-state index contributed by atoms with van der Waals surface area (Å²) < 4.78 is 5.29. The third kappa shape index (κ3) is 5.64. The van der Waals surface area contributed by atoms with Crippen molar-refractivity contribution >= 4 is 5.91 Å². The highest BCUT2D eigenvalue weighted by Crippen LogP contribution is 2.31. The Morgan fingerprint density at radius 1 is 1.17 bits per heavy atom. The van der Waals surface area contributed by atoms with Crippen LogP contribution in [0.3, 0.4) is 0 Å². The standard InChI is InChI=1S/C14H29N3O6/c15-7-10(19)17-6-4-2-1-3-5-14(22)13(16)12(21)11(20)9(8-18)23-14/h9,11-13,18,20-22H,1-8,15-16H2,(H,17,19)/t9-,11+,12+,13-,14?/m1/s1. The summed E-state index contributed by atoms with van der Waals surface area (Å²) in [5.41, 5.74) is 10.9. The highest BCUT2D eigenvalue weighted by Gasteiger charge is 2.50. The van der Waals surface area contributed by atoms with Crippen molar-refractivity contribution in [2.45, 2.75) is 62.2 Å². The number of carbonyl (C=O) groups is 1. The van der Waals surface area contributed by atoms with Gasteiger partial charge in [-0.05, 0) is 12.8 Å². The summed E-state index contributed by atoms with van der Waals surface area (Å²) in [7, 11) is 0. The Kier molecular flexibility index (Phi) is 8.34. The van der Waals surface area contributed by atoms with Gasteiger partial charge in [0.05, 0.1) is 19.2 Å². The van der Waals surface area contributed by atoms with Crippen LogP contribution in [0.1, 0.15) is 32.1 Å². The molecule has 1 amide bonds. The first-order chi connectivity index (χ1) is 10.9. The van der Waals surface area contributed by atoms with Crippen molar-refractivity contribution in [2.24, 2.45) is 11.5 Å². The van der Waals surface area contributed by atoms with Crippen LogP contribution in [-0.4, -0.2) is 76.2 Å². The number of nitrogens with one attached hydrogen (secondary N) is 1. The molecule has 9 nitrogen and oxygen atoms in total. The van der Waals surface area contributed by atoms with E-state index in [0.29, 0.717) is 13.0 Å². The molecule has 1 aliphatic heterocycles.